The van der Waals surface area contributed by atoms with Crippen molar-refractivity contribution in [3.63, 3.8) is 0 Å². The monoisotopic (exact) mass is 578 g/mol. The molecule has 1 fully saturated rings. The molecule has 3 heterocycles. The minimum Gasteiger partial charge on any atom is -0.369 e. The number of para-hydroxylation sites is 2. The van der Waals surface area contributed by atoms with Crippen LogP contribution in [-0.2, 0) is 16.1 Å². The molecule has 3 aromatic carbocycles. The van der Waals surface area contributed by atoms with Crippen molar-refractivity contribution in [1.82, 2.24) is 24.7 Å². The number of hydrogen-bond donors (Lipinski definition) is 1. The highest BCUT2D eigenvalue weighted by Gasteiger charge is 2.40. The molecule has 43 heavy (non-hydrogen) atoms. The van der Waals surface area contributed by atoms with Crippen molar-refractivity contribution >= 4 is 28.5 Å². The molecule has 6 rings (SSSR count). The topological polar surface area (TPSA) is 73.7 Å². The van der Waals surface area contributed by atoms with E-state index in [0.717, 1.165) is 61.6 Å². The lowest BCUT2D eigenvalue weighted by atomic mass is 10.0. The highest BCUT2D eigenvalue weighted by atomic mass is 16.2. The second-order valence-electron chi connectivity index (χ2n) is 12.0. The molecular formula is C35H42N6O2. The molecule has 8 nitrogen and oxygen atoms in total. The fourth-order valence-corrected chi connectivity index (χ4v) is 6.54. The lowest BCUT2D eigenvalue weighted by molar-refractivity contribution is -0.142. The molecule has 1 saturated heterocycles. The molecule has 2 atom stereocenters. The number of carbonyl (C=O) groups is 2. The number of benzene rings is 3. The Morgan fingerprint density at radius 3 is 2.49 bits per heavy atom. The quantitative estimate of drug-likeness (QED) is 0.283. The molecule has 2 aliphatic rings. The highest BCUT2D eigenvalue weighted by molar-refractivity contribution is 5.90. The van der Waals surface area contributed by atoms with Gasteiger partial charge in [-0.3, -0.25) is 14.5 Å². The Balaban J connectivity index is 1.06. The zero-order valence-corrected chi connectivity index (χ0v) is 25.5. The highest BCUT2D eigenvalue weighted by Crippen LogP contribution is 2.37. The van der Waals surface area contributed by atoms with Crippen molar-refractivity contribution in [2.75, 3.05) is 44.2 Å². The Morgan fingerprint density at radius 1 is 0.953 bits per heavy atom. The first-order valence-corrected chi connectivity index (χ1v) is 15.5. The first-order chi connectivity index (χ1) is 20.9. The van der Waals surface area contributed by atoms with Gasteiger partial charge in [0.15, 0.2) is 0 Å². The molecular weight excluding hydrogens is 536 g/mol. The van der Waals surface area contributed by atoms with Crippen LogP contribution >= 0.6 is 0 Å². The normalized spacial score (nSPS) is 19.1. The molecule has 8 heteroatoms. The smallest absolute Gasteiger partial charge is 0.247 e. The molecule has 2 aliphatic heterocycles. The maximum absolute atomic E-state index is 14.0. The van der Waals surface area contributed by atoms with Gasteiger partial charge in [-0.15, -0.1) is 0 Å². The van der Waals surface area contributed by atoms with Crippen LogP contribution in [0.1, 0.15) is 54.4 Å². The third-order valence-electron chi connectivity index (χ3n) is 8.97. The predicted molar refractivity (Wildman–Crippen MR) is 171 cm³/mol. The Hall–Kier alpha value is -4.17. The number of piperazine rings is 1. The van der Waals surface area contributed by atoms with Gasteiger partial charge in [-0.1, -0.05) is 54.6 Å². The van der Waals surface area contributed by atoms with Crippen molar-refractivity contribution in [3.05, 3.63) is 95.3 Å². The second-order valence-corrected chi connectivity index (χ2v) is 12.0. The second kappa shape index (κ2) is 12.6. The number of rotatable bonds is 9. The van der Waals surface area contributed by atoms with E-state index in [0.29, 0.717) is 13.1 Å². The maximum atomic E-state index is 14.0. The lowest BCUT2D eigenvalue weighted by Gasteiger charge is -2.38. The van der Waals surface area contributed by atoms with Crippen LogP contribution < -0.4 is 10.2 Å². The van der Waals surface area contributed by atoms with Gasteiger partial charge in [-0.05, 0) is 68.6 Å². The summed E-state index contributed by atoms with van der Waals surface area (Å²) in [5, 5.41) is 3.10. The predicted octanol–water partition coefficient (Wildman–Crippen LogP) is 5.02. The molecule has 0 saturated carbocycles. The van der Waals surface area contributed by atoms with Crippen molar-refractivity contribution in [2.24, 2.45) is 0 Å². The van der Waals surface area contributed by atoms with Crippen LogP contribution in [0.5, 0.6) is 0 Å². The first-order valence-electron chi connectivity index (χ1n) is 15.5. The van der Waals surface area contributed by atoms with E-state index in [1.807, 2.05) is 71.0 Å². The van der Waals surface area contributed by atoms with E-state index in [-0.39, 0.29) is 24.3 Å². The zero-order chi connectivity index (χ0) is 29.9. The van der Waals surface area contributed by atoms with Crippen LogP contribution in [-0.4, -0.2) is 70.4 Å². The van der Waals surface area contributed by atoms with Gasteiger partial charge in [0, 0.05) is 45.0 Å². The summed E-state index contributed by atoms with van der Waals surface area (Å²) in [6.07, 6.45) is 0.975. The van der Waals surface area contributed by atoms with Crippen LogP contribution in [0.25, 0.3) is 11.0 Å². The number of nitrogens with zero attached hydrogens (tertiary/aromatic N) is 5. The molecule has 1 N–H and O–H groups in total. The fourth-order valence-electron chi connectivity index (χ4n) is 6.54. The zero-order valence-electron chi connectivity index (χ0n) is 25.5. The van der Waals surface area contributed by atoms with Gasteiger partial charge < -0.3 is 19.7 Å². The van der Waals surface area contributed by atoms with Crippen molar-refractivity contribution in [2.45, 2.75) is 52.2 Å². The van der Waals surface area contributed by atoms with Crippen LogP contribution in [0.2, 0.25) is 0 Å². The van der Waals surface area contributed by atoms with Gasteiger partial charge in [-0.25, -0.2) is 4.98 Å². The number of anilines is 1. The first kappa shape index (κ1) is 28.9. The van der Waals surface area contributed by atoms with Gasteiger partial charge in [0.1, 0.15) is 11.9 Å². The molecule has 1 aromatic heterocycles. The number of hydrogen-bond acceptors (Lipinski definition) is 5. The third kappa shape index (κ3) is 6.15. The summed E-state index contributed by atoms with van der Waals surface area (Å²) < 4.78 is 2.00. The Labute approximate surface area is 254 Å². The van der Waals surface area contributed by atoms with E-state index in [9.17, 15) is 9.59 Å². The maximum Gasteiger partial charge on any atom is 0.247 e. The Bertz CT molecular complexity index is 1590. The van der Waals surface area contributed by atoms with Crippen LogP contribution in [0.3, 0.4) is 0 Å². The SMILES string of the molecule is Cc1ccc(C)c(N2CCN(CCCNC(=O)C[C@H]3C(=O)N(Cc4ccccc4)[C@H](C)c4nc5ccccc5n43)CC2)c1. The molecule has 0 aliphatic carbocycles. The van der Waals surface area contributed by atoms with Gasteiger partial charge in [-0.2, -0.15) is 0 Å². The summed E-state index contributed by atoms with van der Waals surface area (Å²) in [5.41, 5.74) is 6.77. The standard InChI is InChI=1S/C35H42N6O2/c1-25-14-15-26(2)31(22-25)39-20-18-38(19-21-39)17-9-16-36-33(42)23-32-35(43)40(24-28-10-5-4-6-11-28)27(3)34-37-29-12-7-8-13-30(29)41(32)34/h4-8,10-15,22,27,32H,9,16-21,23-24H2,1-3H3,(H,36,42)/t27-,32+/m1/s1. The van der Waals surface area contributed by atoms with Gasteiger partial charge in [0.25, 0.3) is 0 Å². The molecule has 4 aromatic rings. The van der Waals surface area contributed by atoms with E-state index in [4.69, 9.17) is 4.98 Å². The summed E-state index contributed by atoms with van der Waals surface area (Å²) in [6.45, 7) is 12.4. The van der Waals surface area contributed by atoms with Gasteiger partial charge in [0.2, 0.25) is 11.8 Å². The van der Waals surface area contributed by atoms with E-state index in [1.165, 1.54) is 16.8 Å². The minimum atomic E-state index is -0.625. The number of fused-ring (bicyclic) bond motifs is 3. The van der Waals surface area contributed by atoms with E-state index >= 15 is 0 Å². The average Bonchev–Trinajstić information content (AvgIpc) is 3.41. The van der Waals surface area contributed by atoms with Gasteiger partial charge in [0.05, 0.1) is 23.5 Å². The Morgan fingerprint density at radius 2 is 1.70 bits per heavy atom. The summed E-state index contributed by atoms with van der Waals surface area (Å²) >= 11 is 0. The van der Waals surface area contributed by atoms with E-state index in [2.05, 4.69) is 47.2 Å². The molecule has 2 amide bonds. The minimum absolute atomic E-state index is 0.0381. The summed E-state index contributed by atoms with van der Waals surface area (Å²) in [6, 6.07) is 23.7. The number of nitrogens with one attached hydrogen (secondary N) is 1. The Kier molecular flexibility index (Phi) is 8.47. The molecule has 0 bridgehead atoms. The molecule has 0 unspecified atom stereocenters. The summed E-state index contributed by atoms with van der Waals surface area (Å²) in [7, 11) is 0. The number of amides is 2. The van der Waals surface area contributed by atoms with Crippen LogP contribution in [0, 0.1) is 13.8 Å². The summed E-state index contributed by atoms with van der Waals surface area (Å²) in [4.78, 5) is 39.0. The van der Waals surface area contributed by atoms with Crippen molar-refractivity contribution in [1.29, 1.82) is 0 Å². The third-order valence-corrected chi connectivity index (χ3v) is 8.97. The number of aryl methyl sites for hydroxylation is 2. The average molecular weight is 579 g/mol. The van der Waals surface area contributed by atoms with Crippen LogP contribution in [0.15, 0.2) is 72.8 Å². The lowest BCUT2D eigenvalue weighted by Crippen LogP contribution is -2.47. The molecule has 0 spiro atoms. The molecule has 224 valence electrons. The van der Waals surface area contributed by atoms with Gasteiger partial charge >= 0.3 is 0 Å². The molecule has 0 radical (unpaired) electrons. The van der Waals surface area contributed by atoms with E-state index < -0.39 is 6.04 Å². The number of carbonyl (C=O) groups excluding carboxylic acids is 2. The summed E-state index contributed by atoms with van der Waals surface area (Å²) in [5.74, 6) is 0.689. The van der Waals surface area contributed by atoms with Crippen LogP contribution in [0.4, 0.5) is 5.69 Å². The number of aromatic nitrogens is 2. The fraction of sp³-hybridized carbons (Fsp3) is 0.400. The van der Waals surface area contributed by atoms with Crippen molar-refractivity contribution in [3.8, 4) is 0 Å². The van der Waals surface area contributed by atoms with Crippen molar-refractivity contribution < 1.29 is 9.59 Å². The largest absolute Gasteiger partial charge is 0.369 e. The number of imidazole rings is 1. The van der Waals surface area contributed by atoms with E-state index in [1.54, 1.807) is 0 Å².